The Bertz CT molecular complexity index is 735. The Morgan fingerprint density at radius 3 is 2.48 bits per heavy atom. The molecule has 0 fully saturated rings. The van der Waals surface area contributed by atoms with Crippen molar-refractivity contribution < 1.29 is 9.59 Å². The number of hydrogen-bond acceptors (Lipinski definition) is 4. The molecule has 1 atom stereocenters. The van der Waals surface area contributed by atoms with Crippen molar-refractivity contribution in [1.29, 1.82) is 0 Å². The summed E-state index contributed by atoms with van der Waals surface area (Å²) in [6, 6.07) is 13.6. The smallest absolute Gasteiger partial charge is 0.221 e. The maximum absolute atomic E-state index is 12.5. The lowest BCUT2D eigenvalue weighted by Gasteiger charge is -2.08. The predicted octanol–water partition coefficient (Wildman–Crippen LogP) is 3.67. The Hall–Kier alpha value is -2.82. The van der Waals surface area contributed by atoms with E-state index in [0.717, 1.165) is 11.3 Å². The third-order valence-corrected chi connectivity index (χ3v) is 3.25. The molecule has 1 N–H and O–H groups in total. The fourth-order valence-corrected chi connectivity index (χ4v) is 2.26. The van der Waals surface area contributed by atoms with Crippen LogP contribution in [0.25, 0.3) is 0 Å². The number of carbonyl (C=O) groups excluding carboxylic acids is 2. The predicted molar refractivity (Wildman–Crippen MR) is 78.8 cm³/mol. The van der Waals surface area contributed by atoms with Crippen molar-refractivity contribution in [2.45, 2.75) is 13.0 Å². The first-order valence-electron chi connectivity index (χ1n) is 6.57. The maximum atomic E-state index is 12.5. The summed E-state index contributed by atoms with van der Waals surface area (Å²) in [5.74, 6) is -0.245. The van der Waals surface area contributed by atoms with Crippen molar-refractivity contribution in [3.63, 3.8) is 0 Å². The van der Waals surface area contributed by atoms with Crippen LogP contribution in [0.2, 0.25) is 0 Å². The molecule has 0 aromatic heterocycles. The Kier molecular flexibility index (Phi) is 3.31. The first-order valence-corrected chi connectivity index (χ1v) is 6.57. The molecule has 1 heterocycles. The minimum atomic E-state index is -0.576. The quantitative estimate of drug-likeness (QED) is 0.871. The fourth-order valence-electron chi connectivity index (χ4n) is 2.26. The molecule has 2 aromatic rings. The van der Waals surface area contributed by atoms with Crippen LogP contribution in [-0.2, 0) is 4.79 Å². The van der Waals surface area contributed by atoms with E-state index in [1.165, 1.54) is 6.92 Å². The van der Waals surface area contributed by atoms with Gasteiger partial charge in [-0.25, -0.2) is 0 Å². The Labute approximate surface area is 121 Å². The van der Waals surface area contributed by atoms with Gasteiger partial charge in [0.25, 0.3) is 0 Å². The maximum Gasteiger partial charge on any atom is 0.221 e. The molecule has 1 aliphatic heterocycles. The van der Waals surface area contributed by atoms with Gasteiger partial charge in [0.2, 0.25) is 5.91 Å². The van der Waals surface area contributed by atoms with E-state index in [-0.39, 0.29) is 11.7 Å². The highest BCUT2D eigenvalue weighted by Gasteiger charge is 2.27. The summed E-state index contributed by atoms with van der Waals surface area (Å²) >= 11 is 0. The number of nitrogens with one attached hydrogen (secondary N) is 1. The fraction of sp³-hybridized carbons (Fsp3) is 0.125. The zero-order chi connectivity index (χ0) is 14.8. The van der Waals surface area contributed by atoms with E-state index in [9.17, 15) is 9.59 Å². The van der Waals surface area contributed by atoms with E-state index in [2.05, 4.69) is 15.5 Å². The summed E-state index contributed by atoms with van der Waals surface area (Å²) in [5.41, 5.74) is 2.77. The van der Waals surface area contributed by atoms with Crippen LogP contribution in [0.15, 0.2) is 58.8 Å². The van der Waals surface area contributed by atoms with Gasteiger partial charge in [-0.3, -0.25) is 9.59 Å². The number of nitrogens with zero attached hydrogens (tertiary/aromatic N) is 2. The van der Waals surface area contributed by atoms with Gasteiger partial charge in [0, 0.05) is 23.7 Å². The van der Waals surface area contributed by atoms with Crippen molar-refractivity contribution in [3.05, 3.63) is 59.7 Å². The summed E-state index contributed by atoms with van der Waals surface area (Å²) < 4.78 is 0. The van der Waals surface area contributed by atoms with E-state index in [1.807, 2.05) is 24.3 Å². The summed E-state index contributed by atoms with van der Waals surface area (Å²) in [6.45, 7) is 1.44. The van der Waals surface area contributed by atoms with Gasteiger partial charge in [0.15, 0.2) is 11.8 Å². The minimum Gasteiger partial charge on any atom is -0.326 e. The number of anilines is 1. The van der Waals surface area contributed by atoms with Crippen molar-refractivity contribution >= 4 is 23.1 Å². The summed E-state index contributed by atoms with van der Waals surface area (Å²) in [4.78, 5) is 23.5. The third-order valence-electron chi connectivity index (χ3n) is 3.25. The van der Waals surface area contributed by atoms with Gasteiger partial charge < -0.3 is 5.32 Å². The van der Waals surface area contributed by atoms with Gasteiger partial charge in [-0.15, -0.1) is 0 Å². The van der Waals surface area contributed by atoms with Gasteiger partial charge in [0.05, 0.1) is 5.69 Å². The van der Waals surface area contributed by atoms with Crippen molar-refractivity contribution in [1.82, 2.24) is 0 Å². The normalized spacial score (nSPS) is 15.6. The molecule has 0 saturated carbocycles. The Morgan fingerprint density at radius 1 is 1.05 bits per heavy atom. The second kappa shape index (κ2) is 5.28. The molecule has 0 aliphatic carbocycles. The van der Waals surface area contributed by atoms with Crippen molar-refractivity contribution in [2.24, 2.45) is 10.2 Å². The van der Waals surface area contributed by atoms with Gasteiger partial charge in [-0.2, -0.15) is 10.2 Å². The monoisotopic (exact) mass is 279 g/mol. The number of Topliss-reactive ketones (excluding diaryl/α,β-unsaturated/α-hetero) is 1. The van der Waals surface area contributed by atoms with Crippen LogP contribution < -0.4 is 5.32 Å². The summed E-state index contributed by atoms with van der Waals surface area (Å²) in [5, 5.41) is 10.8. The highest BCUT2D eigenvalue weighted by molar-refractivity contribution is 6.02. The van der Waals surface area contributed by atoms with E-state index in [4.69, 9.17) is 0 Å². The number of azo groups is 1. The van der Waals surface area contributed by atoms with E-state index < -0.39 is 6.04 Å². The van der Waals surface area contributed by atoms with E-state index in [0.29, 0.717) is 11.3 Å². The zero-order valence-electron chi connectivity index (χ0n) is 11.4. The Morgan fingerprint density at radius 2 is 1.76 bits per heavy atom. The number of hydrogen-bond donors (Lipinski definition) is 1. The van der Waals surface area contributed by atoms with Gasteiger partial charge in [-0.05, 0) is 30.3 Å². The SMILES string of the molecule is CC(=O)Nc1ccc(C(=O)C2N=Nc3ccccc32)cc1. The molecule has 0 bridgehead atoms. The number of ketones is 1. The molecular formula is C16H13N3O2. The lowest BCUT2D eigenvalue weighted by atomic mass is 9.97. The standard InChI is InChI=1S/C16H13N3O2/c1-10(20)17-12-8-6-11(7-9-12)16(21)15-13-4-2-3-5-14(13)18-19-15/h2-9,15H,1H3,(H,17,20). The summed E-state index contributed by atoms with van der Waals surface area (Å²) in [6.07, 6.45) is 0. The molecular weight excluding hydrogens is 266 g/mol. The number of benzene rings is 2. The van der Waals surface area contributed by atoms with Crippen LogP contribution in [0.5, 0.6) is 0 Å². The lowest BCUT2D eigenvalue weighted by Crippen LogP contribution is -2.10. The third kappa shape index (κ3) is 2.58. The molecule has 0 saturated heterocycles. The highest BCUT2D eigenvalue weighted by atomic mass is 16.1. The molecule has 1 aliphatic rings. The van der Waals surface area contributed by atoms with Gasteiger partial charge in [0.1, 0.15) is 0 Å². The molecule has 0 radical (unpaired) electrons. The molecule has 1 unspecified atom stereocenters. The highest BCUT2D eigenvalue weighted by Crippen LogP contribution is 2.37. The second-order valence-corrected chi connectivity index (χ2v) is 4.80. The molecule has 0 spiro atoms. The number of amides is 1. The number of carbonyl (C=O) groups is 2. The second-order valence-electron chi connectivity index (χ2n) is 4.80. The topological polar surface area (TPSA) is 70.9 Å². The molecule has 21 heavy (non-hydrogen) atoms. The zero-order valence-corrected chi connectivity index (χ0v) is 11.4. The molecule has 1 amide bonds. The van der Waals surface area contributed by atoms with E-state index in [1.54, 1.807) is 24.3 Å². The minimum absolute atomic E-state index is 0.0990. The average Bonchev–Trinajstić information content (AvgIpc) is 2.90. The molecule has 3 rings (SSSR count). The largest absolute Gasteiger partial charge is 0.326 e. The molecule has 104 valence electrons. The molecule has 5 nitrogen and oxygen atoms in total. The van der Waals surface area contributed by atoms with Gasteiger partial charge >= 0.3 is 0 Å². The van der Waals surface area contributed by atoms with Crippen LogP contribution >= 0.6 is 0 Å². The van der Waals surface area contributed by atoms with Crippen molar-refractivity contribution in [3.8, 4) is 0 Å². The van der Waals surface area contributed by atoms with E-state index >= 15 is 0 Å². The Balaban J connectivity index is 1.83. The number of fused-ring (bicyclic) bond motifs is 1. The van der Waals surface area contributed by atoms with Crippen LogP contribution in [-0.4, -0.2) is 11.7 Å². The molecule has 5 heteroatoms. The van der Waals surface area contributed by atoms with Crippen LogP contribution in [0.3, 0.4) is 0 Å². The van der Waals surface area contributed by atoms with Crippen LogP contribution in [0.4, 0.5) is 11.4 Å². The van der Waals surface area contributed by atoms with Crippen molar-refractivity contribution in [2.75, 3.05) is 5.32 Å². The first-order chi connectivity index (χ1) is 10.1. The van der Waals surface area contributed by atoms with Crippen LogP contribution in [0, 0.1) is 0 Å². The lowest BCUT2D eigenvalue weighted by molar-refractivity contribution is -0.114. The number of rotatable bonds is 3. The average molecular weight is 279 g/mol. The first kappa shape index (κ1) is 13.2. The summed E-state index contributed by atoms with van der Waals surface area (Å²) in [7, 11) is 0. The van der Waals surface area contributed by atoms with Gasteiger partial charge in [-0.1, -0.05) is 18.2 Å². The van der Waals surface area contributed by atoms with Crippen LogP contribution in [0.1, 0.15) is 28.9 Å². The molecule has 2 aromatic carbocycles.